The molecule has 19 heavy (non-hydrogen) atoms. The predicted molar refractivity (Wildman–Crippen MR) is 62.9 cm³/mol. The topological polar surface area (TPSA) is 12.5 Å². The molecular weight excluding hydrogens is 350 g/mol. The van der Waals surface area contributed by atoms with Crippen molar-refractivity contribution in [3.05, 3.63) is 29.8 Å². The van der Waals surface area contributed by atoms with E-state index in [1.807, 2.05) is 7.05 Å². The molecule has 1 aromatic carbocycles. The molecule has 107 valence electrons. The van der Waals surface area contributed by atoms with Crippen molar-refractivity contribution in [2.24, 2.45) is 0 Å². The number of benzene rings is 1. The van der Waals surface area contributed by atoms with Gasteiger partial charge in [-0.25, -0.2) is 0 Å². The van der Waals surface area contributed by atoms with Crippen molar-refractivity contribution in [1.82, 2.24) is 4.90 Å². The van der Waals surface area contributed by atoms with Gasteiger partial charge in [-0.15, -0.1) is 0 Å². The third-order valence-electron chi connectivity index (χ3n) is 2.92. The Bertz CT molecular complexity index is 499. The zero-order valence-corrected chi connectivity index (χ0v) is 11.8. The number of nitrogens with zero attached hydrogens (tertiary/aromatic N) is 1. The van der Waals surface area contributed by atoms with E-state index in [4.69, 9.17) is 0 Å². The van der Waals surface area contributed by atoms with Crippen LogP contribution in [0.1, 0.15) is 12.0 Å². The Hall–Kier alpha value is -0.828. The fraction of sp³-hybridized carbons (Fsp3) is 0.385. The second-order valence-electron chi connectivity index (χ2n) is 4.40. The molecule has 0 bridgehead atoms. The van der Waals surface area contributed by atoms with Crippen LogP contribution in [-0.4, -0.2) is 31.4 Å². The number of halogens is 3. The molecule has 0 unspecified atom stereocenters. The Morgan fingerprint density at radius 2 is 2.05 bits per heavy atom. The third kappa shape index (κ3) is 4.07. The van der Waals surface area contributed by atoms with Crippen molar-refractivity contribution in [1.29, 1.82) is 0 Å². The van der Waals surface area contributed by atoms with Crippen molar-refractivity contribution < 1.29 is 37.1 Å². The summed E-state index contributed by atoms with van der Waals surface area (Å²) in [4.78, 5) is 2.18. The van der Waals surface area contributed by atoms with Crippen molar-refractivity contribution >= 4 is 9.61 Å². The van der Waals surface area contributed by atoms with Crippen LogP contribution in [0.4, 0.5) is 13.2 Å². The Kier molecular flexibility index (Phi) is 4.34. The van der Waals surface area contributed by atoms with Gasteiger partial charge in [0.1, 0.15) is 0 Å². The van der Waals surface area contributed by atoms with E-state index in [0.717, 1.165) is 30.6 Å². The summed E-state index contributed by atoms with van der Waals surface area (Å²) in [5, 5.41) is 0. The van der Waals surface area contributed by atoms with Gasteiger partial charge >= 0.3 is 120 Å². The summed E-state index contributed by atoms with van der Waals surface area (Å²) in [5.74, 6) is -0.201. The molecular formula is C13H13F3NOPd. The van der Waals surface area contributed by atoms with Gasteiger partial charge in [-0.05, 0) is 0 Å². The number of rotatable bonds is 2. The van der Waals surface area contributed by atoms with E-state index in [-0.39, 0.29) is 5.75 Å². The second-order valence-corrected chi connectivity index (χ2v) is 5.24. The van der Waals surface area contributed by atoms with Gasteiger partial charge in [-0.2, -0.15) is 0 Å². The summed E-state index contributed by atoms with van der Waals surface area (Å²) in [6.45, 7) is 1.81. The molecule has 1 heterocycles. The molecule has 0 aliphatic carbocycles. The van der Waals surface area contributed by atoms with E-state index in [0.29, 0.717) is 4.04 Å². The first-order valence-electron chi connectivity index (χ1n) is 5.75. The van der Waals surface area contributed by atoms with Crippen LogP contribution in [0.5, 0.6) is 5.75 Å². The van der Waals surface area contributed by atoms with Gasteiger partial charge in [0, 0.05) is 0 Å². The van der Waals surface area contributed by atoms with E-state index in [2.05, 4.69) is 34.9 Å². The number of alkyl halides is 3. The van der Waals surface area contributed by atoms with Gasteiger partial charge in [0.2, 0.25) is 0 Å². The minimum absolute atomic E-state index is 0.201. The van der Waals surface area contributed by atoms with Crippen molar-refractivity contribution in [2.75, 3.05) is 20.1 Å². The van der Waals surface area contributed by atoms with E-state index in [1.165, 1.54) is 6.07 Å². The molecule has 0 atom stereocenters. The monoisotopic (exact) mass is 362 g/mol. The molecule has 0 saturated heterocycles. The Labute approximate surface area is 120 Å². The molecule has 0 radical (unpaired) electrons. The molecule has 0 fully saturated rings. The predicted octanol–water partition coefficient (Wildman–Crippen LogP) is 2.48. The standard InChI is InChI=1S/C13H13F3NO.Pd/c1-17-8-6-11(7-9-17)10-2-4-12(5-3-10)18-13(14,15)16;/h2-4,6H,7-9H2,1H3;. The van der Waals surface area contributed by atoms with Crippen LogP contribution in [0.15, 0.2) is 24.3 Å². The van der Waals surface area contributed by atoms with E-state index in [1.54, 1.807) is 12.1 Å². The first-order chi connectivity index (χ1) is 8.85. The van der Waals surface area contributed by atoms with Gasteiger partial charge in [0.25, 0.3) is 0 Å². The fourth-order valence-corrected chi connectivity index (χ4v) is 2.37. The van der Waals surface area contributed by atoms with Crippen LogP contribution in [0, 0.1) is 0 Å². The average molecular weight is 363 g/mol. The normalized spacial score (nSPS) is 17.3. The number of ether oxygens (including phenoxy) is 1. The first kappa shape index (κ1) is 14.6. The number of hydrogen-bond donors (Lipinski definition) is 0. The first-order valence-corrected chi connectivity index (χ1v) is 6.53. The van der Waals surface area contributed by atoms with E-state index in [9.17, 15) is 13.2 Å². The van der Waals surface area contributed by atoms with Crippen LogP contribution < -0.4 is 8.77 Å². The Balaban J connectivity index is 2.19. The molecule has 0 aromatic heterocycles. The van der Waals surface area contributed by atoms with E-state index < -0.39 is 6.36 Å². The summed E-state index contributed by atoms with van der Waals surface area (Å²) in [6, 6.07) is 4.69. The van der Waals surface area contributed by atoms with Crippen LogP contribution in [-0.2, 0) is 19.2 Å². The zero-order valence-electron chi connectivity index (χ0n) is 10.2. The maximum absolute atomic E-state index is 12.2. The molecule has 0 saturated carbocycles. The molecule has 1 aromatic rings. The SMILES string of the molecule is CN1CC=C(c2ccc(OC(F)(F)F)[c]([Pd])c2)CC1. The summed E-state index contributed by atoms with van der Waals surface area (Å²) in [7, 11) is 2.03. The Morgan fingerprint density at radius 3 is 2.58 bits per heavy atom. The summed E-state index contributed by atoms with van der Waals surface area (Å²) in [6.07, 6.45) is -1.67. The molecule has 0 N–H and O–H groups in total. The molecule has 0 spiro atoms. The molecule has 2 nitrogen and oxygen atoms in total. The van der Waals surface area contributed by atoms with Crippen molar-refractivity contribution in [2.45, 2.75) is 12.8 Å². The summed E-state index contributed by atoms with van der Waals surface area (Å²) < 4.78 is 40.8. The second kappa shape index (κ2) is 5.66. The summed E-state index contributed by atoms with van der Waals surface area (Å²) in [5.41, 5.74) is 2.09. The van der Waals surface area contributed by atoms with Gasteiger partial charge < -0.3 is 0 Å². The van der Waals surface area contributed by atoms with Crippen LogP contribution in [0.3, 0.4) is 0 Å². The number of hydrogen-bond acceptors (Lipinski definition) is 2. The van der Waals surface area contributed by atoms with Gasteiger partial charge in [0.15, 0.2) is 0 Å². The third-order valence-corrected chi connectivity index (χ3v) is 3.52. The molecule has 1 aliphatic heterocycles. The Morgan fingerprint density at radius 1 is 1.32 bits per heavy atom. The van der Waals surface area contributed by atoms with Gasteiger partial charge in [-0.1, -0.05) is 0 Å². The van der Waals surface area contributed by atoms with Crippen LogP contribution >= 0.6 is 0 Å². The number of likely N-dealkylation sites (N-methyl/N-ethyl adjacent to an activating group) is 1. The molecule has 6 heteroatoms. The molecule has 2 rings (SSSR count). The van der Waals surface area contributed by atoms with Crippen LogP contribution in [0.25, 0.3) is 5.57 Å². The average Bonchev–Trinajstić information content (AvgIpc) is 2.31. The quantitative estimate of drug-likeness (QED) is 0.750. The van der Waals surface area contributed by atoms with Gasteiger partial charge in [-0.3, -0.25) is 0 Å². The fourth-order valence-electron chi connectivity index (χ4n) is 1.92. The van der Waals surface area contributed by atoms with Crippen LogP contribution in [0.2, 0.25) is 0 Å². The molecule has 1 aliphatic rings. The maximum atomic E-state index is 12.2. The van der Waals surface area contributed by atoms with Crippen molar-refractivity contribution in [3.8, 4) is 5.75 Å². The molecule has 0 amide bonds. The summed E-state index contributed by atoms with van der Waals surface area (Å²) >= 11 is 2.82. The zero-order chi connectivity index (χ0) is 14.0. The van der Waals surface area contributed by atoms with Gasteiger partial charge in [0.05, 0.1) is 0 Å². The van der Waals surface area contributed by atoms with Crippen molar-refractivity contribution in [3.63, 3.8) is 0 Å². The minimum atomic E-state index is -4.66. The van der Waals surface area contributed by atoms with E-state index >= 15 is 0 Å².